The second-order valence-corrected chi connectivity index (χ2v) is 4.79. The number of aliphatic hydroxyl groups is 2. The topological polar surface area (TPSA) is 74.9 Å². The van der Waals surface area contributed by atoms with Crippen LogP contribution in [-0.2, 0) is 12.8 Å². The van der Waals surface area contributed by atoms with Crippen LogP contribution in [0.3, 0.4) is 0 Å². The Balaban J connectivity index is 2.17. The largest absolute Gasteiger partial charge is 0.483 e. The monoisotopic (exact) mass is 331 g/mol. The molecular formula is C15H16F3NO4. The molecule has 1 aromatic carbocycles. The molecular weight excluding hydrogens is 315 g/mol. The molecule has 5 nitrogen and oxygen atoms in total. The van der Waals surface area contributed by atoms with Gasteiger partial charge in [0.25, 0.3) is 0 Å². The van der Waals surface area contributed by atoms with Gasteiger partial charge in [0.15, 0.2) is 0 Å². The Kier molecular flexibility index (Phi) is 5.51. The summed E-state index contributed by atoms with van der Waals surface area (Å²) in [7, 11) is 0. The van der Waals surface area contributed by atoms with Crippen LogP contribution in [0, 0.1) is 0 Å². The molecule has 0 saturated heterocycles. The van der Waals surface area contributed by atoms with Crippen molar-refractivity contribution in [2.45, 2.75) is 18.9 Å². The second kappa shape index (κ2) is 7.38. The molecule has 0 aliphatic rings. The molecule has 2 rings (SSSR count). The molecule has 0 bridgehead atoms. The van der Waals surface area contributed by atoms with Gasteiger partial charge in [-0.15, -0.1) is 0 Å². The highest BCUT2D eigenvalue weighted by atomic mass is 19.4. The first-order valence-corrected chi connectivity index (χ1v) is 6.79. The van der Waals surface area contributed by atoms with Gasteiger partial charge in [0, 0.05) is 6.54 Å². The average Bonchev–Trinajstić information content (AvgIpc) is 3.03. The van der Waals surface area contributed by atoms with E-state index in [2.05, 4.69) is 5.32 Å². The fourth-order valence-electron chi connectivity index (χ4n) is 1.81. The van der Waals surface area contributed by atoms with Crippen molar-refractivity contribution in [3.63, 3.8) is 0 Å². The molecule has 0 amide bonds. The van der Waals surface area contributed by atoms with E-state index in [4.69, 9.17) is 14.3 Å². The highest BCUT2D eigenvalue weighted by molar-refractivity contribution is 5.58. The number of hydrogen-bond donors (Lipinski definition) is 3. The van der Waals surface area contributed by atoms with Crippen molar-refractivity contribution >= 4 is 5.69 Å². The Bertz CT molecular complexity index is 614. The fraction of sp³-hybridized carbons (Fsp3) is 0.333. The van der Waals surface area contributed by atoms with Gasteiger partial charge in [-0.3, -0.25) is 0 Å². The Labute approximate surface area is 130 Å². The van der Waals surface area contributed by atoms with Crippen LogP contribution in [0.2, 0.25) is 0 Å². The maximum Gasteiger partial charge on any atom is 0.416 e. The number of furan rings is 1. The fourth-order valence-corrected chi connectivity index (χ4v) is 1.81. The molecule has 0 fully saturated rings. The zero-order chi connectivity index (χ0) is 16.9. The van der Waals surface area contributed by atoms with E-state index in [1.807, 2.05) is 0 Å². The third-order valence-corrected chi connectivity index (χ3v) is 3.00. The number of alkyl halides is 3. The summed E-state index contributed by atoms with van der Waals surface area (Å²) >= 11 is 0. The summed E-state index contributed by atoms with van der Waals surface area (Å²) in [4.78, 5) is 0. The summed E-state index contributed by atoms with van der Waals surface area (Å²) < 4.78 is 48.9. The summed E-state index contributed by atoms with van der Waals surface area (Å²) in [6, 6.07) is 6.33. The van der Waals surface area contributed by atoms with Crippen LogP contribution in [-0.4, -0.2) is 29.5 Å². The van der Waals surface area contributed by atoms with Crippen LogP contribution in [0.4, 0.5) is 18.9 Å². The molecule has 1 aromatic heterocycles. The molecule has 2 aromatic rings. The van der Waals surface area contributed by atoms with E-state index >= 15 is 0 Å². The first kappa shape index (κ1) is 17.2. The first-order chi connectivity index (χ1) is 10.9. The summed E-state index contributed by atoms with van der Waals surface area (Å²) in [6.07, 6.45) is -4.13. The van der Waals surface area contributed by atoms with Crippen molar-refractivity contribution in [3.8, 4) is 5.75 Å². The lowest BCUT2D eigenvalue weighted by Crippen LogP contribution is -2.23. The third-order valence-electron chi connectivity index (χ3n) is 3.00. The predicted octanol–water partition coefficient (Wildman–Crippen LogP) is 2.64. The Morgan fingerprint density at radius 1 is 1.26 bits per heavy atom. The zero-order valence-electron chi connectivity index (χ0n) is 12.0. The van der Waals surface area contributed by atoms with Crippen molar-refractivity contribution in [1.29, 1.82) is 0 Å². The highest BCUT2D eigenvalue weighted by Crippen LogP contribution is 2.35. The number of rotatable bonds is 7. The number of ether oxygens (including phenoxy) is 1. The molecule has 0 radical (unpaired) electrons. The van der Waals surface area contributed by atoms with Crippen LogP contribution in [0.15, 0.2) is 41.0 Å². The molecule has 8 heteroatoms. The van der Waals surface area contributed by atoms with Gasteiger partial charge in [0.2, 0.25) is 0 Å². The lowest BCUT2D eigenvalue weighted by atomic mass is 10.1. The average molecular weight is 331 g/mol. The Hall–Kier alpha value is -2.19. The molecule has 0 saturated carbocycles. The summed E-state index contributed by atoms with van der Waals surface area (Å²) in [5, 5.41) is 20.8. The van der Waals surface area contributed by atoms with Crippen molar-refractivity contribution in [3.05, 3.63) is 47.9 Å². The first-order valence-electron chi connectivity index (χ1n) is 6.79. The highest BCUT2D eigenvalue weighted by Gasteiger charge is 2.31. The zero-order valence-corrected chi connectivity index (χ0v) is 12.0. The molecule has 23 heavy (non-hydrogen) atoms. The molecule has 0 aliphatic heterocycles. The second-order valence-electron chi connectivity index (χ2n) is 4.79. The maximum absolute atomic E-state index is 12.8. The number of halogens is 3. The minimum atomic E-state index is -4.49. The molecule has 126 valence electrons. The van der Waals surface area contributed by atoms with Crippen LogP contribution >= 0.6 is 0 Å². The molecule has 3 N–H and O–H groups in total. The van der Waals surface area contributed by atoms with Gasteiger partial charge >= 0.3 is 6.18 Å². The Morgan fingerprint density at radius 3 is 2.65 bits per heavy atom. The molecule has 1 unspecified atom stereocenters. The lowest BCUT2D eigenvalue weighted by molar-refractivity contribution is -0.137. The van der Waals surface area contributed by atoms with Gasteiger partial charge in [0.1, 0.15) is 18.1 Å². The molecule has 1 atom stereocenters. The quantitative estimate of drug-likeness (QED) is 0.727. The van der Waals surface area contributed by atoms with Gasteiger partial charge in [0.05, 0.1) is 30.2 Å². The van der Waals surface area contributed by atoms with Crippen molar-refractivity contribution < 1.29 is 32.5 Å². The predicted molar refractivity (Wildman–Crippen MR) is 76.1 cm³/mol. The van der Waals surface area contributed by atoms with Crippen LogP contribution in [0.25, 0.3) is 0 Å². The number of aliphatic hydroxyl groups excluding tert-OH is 2. The van der Waals surface area contributed by atoms with Crippen LogP contribution in [0.5, 0.6) is 5.75 Å². The van der Waals surface area contributed by atoms with Gasteiger partial charge in [-0.25, -0.2) is 0 Å². The molecule has 0 aliphatic carbocycles. The van der Waals surface area contributed by atoms with Crippen molar-refractivity contribution in [2.24, 2.45) is 0 Å². The van der Waals surface area contributed by atoms with E-state index < -0.39 is 24.5 Å². The number of benzene rings is 1. The van der Waals surface area contributed by atoms with Crippen LogP contribution in [0.1, 0.15) is 11.3 Å². The van der Waals surface area contributed by atoms with Gasteiger partial charge in [-0.1, -0.05) is 0 Å². The van der Waals surface area contributed by atoms with E-state index in [1.54, 1.807) is 12.1 Å². The smallest absolute Gasteiger partial charge is 0.416 e. The number of hydrogen-bond acceptors (Lipinski definition) is 5. The van der Waals surface area contributed by atoms with Gasteiger partial charge in [-0.05, 0) is 30.3 Å². The van der Waals surface area contributed by atoms with Gasteiger partial charge < -0.3 is 24.7 Å². The lowest BCUT2D eigenvalue weighted by Gasteiger charge is -2.17. The van der Waals surface area contributed by atoms with Gasteiger partial charge in [-0.2, -0.15) is 13.2 Å². The summed E-state index contributed by atoms with van der Waals surface area (Å²) in [5.74, 6) is 0.700. The van der Waals surface area contributed by atoms with E-state index in [0.29, 0.717) is 5.76 Å². The summed E-state index contributed by atoms with van der Waals surface area (Å²) in [6.45, 7) is -0.570. The number of anilines is 1. The minimum Gasteiger partial charge on any atom is -0.483 e. The SMILES string of the molecule is OCC(O)CNc1cc(C(F)(F)F)ccc1OCc1ccco1. The third kappa shape index (κ3) is 4.90. The number of nitrogens with one attached hydrogen (secondary N) is 1. The normalized spacial score (nSPS) is 12.9. The maximum atomic E-state index is 12.8. The van der Waals surface area contributed by atoms with E-state index in [-0.39, 0.29) is 24.6 Å². The van der Waals surface area contributed by atoms with Crippen molar-refractivity contribution in [1.82, 2.24) is 0 Å². The van der Waals surface area contributed by atoms with E-state index in [9.17, 15) is 18.3 Å². The van der Waals surface area contributed by atoms with E-state index in [1.165, 1.54) is 12.3 Å². The molecule has 0 spiro atoms. The minimum absolute atomic E-state index is 0.0512. The van der Waals surface area contributed by atoms with E-state index in [0.717, 1.165) is 12.1 Å². The van der Waals surface area contributed by atoms with Crippen molar-refractivity contribution in [2.75, 3.05) is 18.5 Å². The van der Waals surface area contributed by atoms with Crippen LogP contribution < -0.4 is 10.1 Å². The molecule has 1 heterocycles. The summed E-state index contributed by atoms with van der Waals surface area (Å²) in [5.41, 5.74) is -0.775. The standard InChI is InChI=1S/C15H16F3NO4/c16-15(17,18)10-3-4-14(23-9-12-2-1-5-22-12)13(6-10)19-7-11(21)8-20/h1-6,11,19-21H,7-9H2. The Morgan fingerprint density at radius 2 is 2.04 bits per heavy atom.